The molecule has 0 aliphatic rings. The van der Waals surface area contributed by atoms with E-state index in [0.717, 1.165) is 0 Å². The van der Waals surface area contributed by atoms with Gasteiger partial charge in [0.25, 0.3) is 5.91 Å². The Bertz CT molecular complexity index is 1210. The molecule has 6 nitrogen and oxygen atoms in total. The van der Waals surface area contributed by atoms with Gasteiger partial charge in [0.2, 0.25) is 5.91 Å². The maximum absolute atomic E-state index is 13.4. The summed E-state index contributed by atoms with van der Waals surface area (Å²) in [5, 5.41) is 1.20. The summed E-state index contributed by atoms with van der Waals surface area (Å²) < 4.78 is 6.92. The van der Waals surface area contributed by atoms with Crippen LogP contribution in [0.1, 0.15) is 48.3 Å². The number of nitrogens with two attached hydrogens (primary N) is 1. The lowest BCUT2D eigenvalue weighted by Gasteiger charge is -2.10. The SMILES string of the molecule is Cc1c(C(C)C(N)=O)c2cc(OC(=O)C(C)C)ccc2n1C(=O)c1ccc(Cl)c(Cl)c1. The quantitative estimate of drug-likeness (QED) is 0.423. The van der Waals surface area contributed by atoms with Gasteiger partial charge in [-0.3, -0.25) is 19.0 Å². The Labute approximate surface area is 189 Å². The molecule has 1 aromatic heterocycles. The van der Waals surface area contributed by atoms with Crippen molar-refractivity contribution >= 4 is 51.9 Å². The summed E-state index contributed by atoms with van der Waals surface area (Å²) >= 11 is 12.1. The number of ether oxygens (including phenoxy) is 1. The number of halogens is 2. The van der Waals surface area contributed by atoms with Crippen LogP contribution in [0.15, 0.2) is 36.4 Å². The lowest BCUT2D eigenvalue weighted by molar-refractivity contribution is -0.137. The molecule has 0 radical (unpaired) electrons. The number of rotatable bonds is 5. The molecule has 0 fully saturated rings. The maximum atomic E-state index is 13.4. The van der Waals surface area contributed by atoms with Gasteiger partial charge in [-0.25, -0.2) is 0 Å². The molecule has 0 aliphatic heterocycles. The summed E-state index contributed by atoms with van der Waals surface area (Å²) in [5.74, 6) is -1.90. The third-order valence-electron chi connectivity index (χ3n) is 5.14. The zero-order chi connectivity index (χ0) is 23.0. The van der Waals surface area contributed by atoms with E-state index in [1.54, 1.807) is 58.0 Å². The number of benzene rings is 2. The Hall–Kier alpha value is -2.83. The van der Waals surface area contributed by atoms with Crippen LogP contribution in [-0.2, 0) is 9.59 Å². The van der Waals surface area contributed by atoms with Crippen molar-refractivity contribution in [1.82, 2.24) is 4.57 Å². The number of esters is 1. The second-order valence-electron chi connectivity index (χ2n) is 7.65. The van der Waals surface area contributed by atoms with E-state index in [1.165, 1.54) is 10.6 Å². The average molecular weight is 461 g/mol. The third-order valence-corrected chi connectivity index (χ3v) is 5.88. The first-order chi connectivity index (χ1) is 14.5. The first-order valence-corrected chi connectivity index (χ1v) is 10.4. The van der Waals surface area contributed by atoms with Gasteiger partial charge in [-0.15, -0.1) is 0 Å². The van der Waals surface area contributed by atoms with Crippen LogP contribution in [0.3, 0.4) is 0 Å². The summed E-state index contributed by atoms with van der Waals surface area (Å²) in [7, 11) is 0. The van der Waals surface area contributed by atoms with E-state index in [-0.39, 0.29) is 22.8 Å². The molecular weight excluding hydrogens is 439 g/mol. The fourth-order valence-electron chi connectivity index (χ4n) is 3.43. The first-order valence-electron chi connectivity index (χ1n) is 9.68. The van der Waals surface area contributed by atoms with Crippen LogP contribution in [0, 0.1) is 12.8 Å². The Balaban J connectivity index is 2.23. The molecule has 1 atom stereocenters. The number of carbonyl (C=O) groups is 3. The number of nitrogens with zero attached hydrogens (tertiary/aromatic N) is 1. The highest BCUT2D eigenvalue weighted by molar-refractivity contribution is 6.42. The van der Waals surface area contributed by atoms with Crippen molar-refractivity contribution in [1.29, 1.82) is 0 Å². The predicted molar refractivity (Wildman–Crippen MR) is 121 cm³/mol. The van der Waals surface area contributed by atoms with Gasteiger partial charge >= 0.3 is 5.97 Å². The lowest BCUT2D eigenvalue weighted by atomic mass is 9.97. The highest BCUT2D eigenvalue weighted by Crippen LogP contribution is 2.35. The molecule has 0 aliphatic carbocycles. The Morgan fingerprint density at radius 2 is 1.68 bits per heavy atom. The standard InChI is InChI=1S/C23H22Cl2N2O4/c1-11(2)23(30)31-15-6-8-19-16(10-15)20(12(3)21(26)28)13(4)27(19)22(29)14-5-7-17(24)18(25)9-14/h5-12H,1-4H3,(H2,26,28). The van der Waals surface area contributed by atoms with E-state index in [1.807, 2.05) is 0 Å². The first kappa shape index (κ1) is 22.8. The van der Waals surface area contributed by atoms with Gasteiger partial charge in [0.15, 0.2) is 0 Å². The second-order valence-corrected chi connectivity index (χ2v) is 8.46. The molecule has 2 aromatic carbocycles. The molecule has 0 spiro atoms. The minimum Gasteiger partial charge on any atom is -0.426 e. The molecule has 1 heterocycles. The average Bonchev–Trinajstić information content (AvgIpc) is 2.99. The van der Waals surface area contributed by atoms with E-state index in [0.29, 0.717) is 38.5 Å². The predicted octanol–water partition coefficient (Wildman–Crippen LogP) is 5.10. The van der Waals surface area contributed by atoms with Gasteiger partial charge in [0.05, 0.1) is 27.4 Å². The van der Waals surface area contributed by atoms with Crippen molar-refractivity contribution in [2.24, 2.45) is 11.7 Å². The number of aromatic nitrogens is 1. The lowest BCUT2D eigenvalue weighted by Crippen LogP contribution is -2.20. The van der Waals surface area contributed by atoms with Crippen molar-refractivity contribution in [2.75, 3.05) is 0 Å². The number of fused-ring (bicyclic) bond motifs is 1. The van der Waals surface area contributed by atoms with Gasteiger partial charge < -0.3 is 10.5 Å². The van der Waals surface area contributed by atoms with Crippen LogP contribution in [-0.4, -0.2) is 22.4 Å². The monoisotopic (exact) mass is 460 g/mol. The summed E-state index contributed by atoms with van der Waals surface area (Å²) in [6, 6.07) is 9.56. The van der Waals surface area contributed by atoms with Crippen LogP contribution in [0.2, 0.25) is 10.0 Å². The molecule has 31 heavy (non-hydrogen) atoms. The smallest absolute Gasteiger partial charge is 0.313 e. The molecular formula is C23H22Cl2N2O4. The summed E-state index contributed by atoms with van der Waals surface area (Å²) in [5.41, 5.74) is 7.62. The largest absolute Gasteiger partial charge is 0.426 e. The number of hydrogen-bond acceptors (Lipinski definition) is 4. The zero-order valence-electron chi connectivity index (χ0n) is 17.5. The fourth-order valence-corrected chi connectivity index (χ4v) is 3.73. The van der Waals surface area contributed by atoms with Crippen LogP contribution < -0.4 is 10.5 Å². The van der Waals surface area contributed by atoms with Crippen molar-refractivity contribution in [3.63, 3.8) is 0 Å². The summed E-state index contributed by atoms with van der Waals surface area (Å²) in [4.78, 5) is 37.4. The van der Waals surface area contributed by atoms with Crippen LogP contribution in [0.5, 0.6) is 5.75 Å². The molecule has 0 bridgehead atoms. The highest BCUT2D eigenvalue weighted by Gasteiger charge is 2.26. The molecule has 0 saturated carbocycles. The van der Waals surface area contributed by atoms with Crippen LogP contribution >= 0.6 is 23.2 Å². The van der Waals surface area contributed by atoms with Crippen molar-refractivity contribution in [2.45, 2.75) is 33.6 Å². The van der Waals surface area contributed by atoms with Crippen LogP contribution in [0.25, 0.3) is 10.9 Å². The summed E-state index contributed by atoms with van der Waals surface area (Å²) in [6.07, 6.45) is 0. The molecule has 2 N–H and O–H groups in total. The van der Waals surface area contributed by atoms with E-state index >= 15 is 0 Å². The van der Waals surface area contributed by atoms with E-state index < -0.39 is 11.8 Å². The number of primary amides is 1. The minimum absolute atomic E-state index is 0.259. The van der Waals surface area contributed by atoms with Gasteiger partial charge in [-0.2, -0.15) is 0 Å². The Kier molecular flexibility index (Phi) is 6.43. The van der Waals surface area contributed by atoms with E-state index in [2.05, 4.69) is 0 Å². The van der Waals surface area contributed by atoms with Crippen molar-refractivity contribution in [3.05, 3.63) is 63.3 Å². The number of amides is 1. The van der Waals surface area contributed by atoms with Gasteiger partial charge in [-0.1, -0.05) is 37.0 Å². The second kappa shape index (κ2) is 8.73. The van der Waals surface area contributed by atoms with Crippen molar-refractivity contribution in [3.8, 4) is 5.75 Å². The molecule has 1 unspecified atom stereocenters. The van der Waals surface area contributed by atoms with Gasteiger partial charge in [0, 0.05) is 16.6 Å². The number of carbonyl (C=O) groups excluding carboxylic acids is 3. The van der Waals surface area contributed by atoms with E-state index in [9.17, 15) is 14.4 Å². The molecule has 3 rings (SSSR count). The van der Waals surface area contributed by atoms with Gasteiger partial charge in [0.1, 0.15) is 5.75 Å². The Morgan fingerprint density at radius 1 is 1.00 bits per heavy atom. The highest BCUT2D eigenvalue weighted by atomic mass is 35.5. The van der Waals surface area contributed by atoms with Crippen molar-refractivity contribution < 1.29 is 19.1 Å². The fraction of sp³-hybridized carbons (Fsp3) is 0.261. The topological polar surface area (TPSA) is 91.4 Å². The third kappa shape index (κ3) is 4.31. The zero-order valence-corrected chi connectivity index (χ0v) is 19.0. The Morgan fingerprint density at radius 3 is 2.26 bits per heavy atom. The molecule has 3 aromatic rings. The van der Waals surface area contributed by atoms with Gasteiger partial charge in [-0.05, 0) is 55.8 Å². The van der Waals surface area contributed by atoms with E-state index in [4.69, 9.17) is 33.7 Å². The van der Waals surface area contributed by atoms with Crippen LogP contribution in [0.4, 0.5) is 0 Å². The molecule has 8 heteroatoms. The molecule has 162 valence electrons. The minimum atomic E-state index is -0.665. The molecule has 0 saturated heterocycles. The number of hydrogen-bond donors (Lipinski definition) is 1. The maximum Gasteiger partial charge on any atom is 0.313 e. The normalized spacial score (nSPS) is 12.2. The summed E-state index contributed by atoms with van der Waals surface area (Å²) in [6.45, 7) is 6.88. The molecule has 1 amide bonds.